The molecule has 5 nitrogen and oxygen atoms in total. The van der Waals surface area contributed by atoms with Gasteiger partial charge in [0.1, 0.15) is 0 Å². The van der Waals surface area contributed by atoms with E-state index in [1.165, 1.54) is 17.9 Å². The monoisotopic (exact) mass is 301 g/mol. The van der Waals surface area contributed by atoms with Crippen molar-refractivity contribution in [1.29, 1.82) is 0 Å². The molecule has 0 bridgehead atoms. The van der Waals surface area contributed by atoms with Gasteiger partial charge in [0.25, 0.3) is 5.91 Å². The highest BCUT2D eigenvalue weighted by Crippen LogP contribution is 2.23. The number of carbonyl (C=O) groups is 2. The highest BCUT2D eigenvalue weighted by Gasteiger charge is 2.14. The Labute approximate surface area is 129 Å². The standard InChI is InChI=1S/C17H19NO4/c1-17(2,3)12-6-8-13(9-7-12)18-15(19)11-22-16(20)14-5-4-10-21-14/h4-10H,11H2,1-3H3,(H,18,19). The van der Waals surface area contributed by atoms with Crippen molar-refractivity contribution in [3.8, 4) is 0 Å². The lowest BCUT2D eigenvalue weighted by Gasteiger charge is -2.19. The topological polar surface area (TPSA) is 68.5 Å². The molecule has 22 heavy (non-hydrogen) atoms. The summed E-state index contributed by atoms with van der Waals surface area (Å²) in [5, 5.41) is 2.67. The molecule has 2 aromatic rings. The van der Waals surface area contributed by atoms with Gasteiger partial charge in [-0.3, -0.25) is 4.79 Å². The van der Waals surface area contributed by atoms with Gasteiger partial charge >= 0.3 is 5.97 Å². The lowest BCUT2D eigenvalue weighted by molar-refractivity contribution is -0.119. The van der Waals surface area contributed by atoms with Gasteiger partial charge in [0.2, 0.25) is 5.76 Å². The van der Waals surface area contributed by atoms with Crippen LogP contribution in [0.1, 0.15) is 36.9 Å². The average Bonchev–Trinajstić information content (AvgIpc) is 2.98. The molecule has 0 spiro atoms. The van der Waals surface area contributed by atoms with Gasteiger partial charge in [0.15, 0.2) is 6.61 Å². The second kappa shape index (κ2) is 6.47. The predicted octanol–water partition coefficient (Wildman–Crippen LogP) is 3.37. The van der Waals surface area contributed by atoms with Gasteiger partial charge in [0, 0.05) is 5.69 Å². The molecule has 0 radical (unpaired) electrons. The molecule has 1 N–H and O–H groups in total. The Balaban J connectivity index is 1.86. The molecule has 1 amide bonds. The van der Waals surface area contributed by atoms with E-state index in [0.29, 0.717) is 5.69 Å². The van der Waals surface area contributed by atoms with Crippen molar-refractivity contribution < 1.29 is 18.7 Å². The second-order valence-electron chi connectivity index (χ2n) is 5.93. The summed E-state index contributed by atoms with van der Waals surface area (Å²) in [6.45, 7) is 6.00. The maximum Gasteiger partial charge on any atom is 0.374 e. The summed E-state index contributed by atoms with van der Waals surface area (Å²) < 4.78 is 9.74. The van der Waals surface area contributed by atoms with Crippen molar-refractivity contribution in [2.24, 2.45) is 0 Å². The van der Waals surface area contributed by atoms with Crippen LogP contribution in [0.25, 0.3) is 0 Å². The first-order chi connectivity index (χ1) is 10.4. The van der Waals surface area contributed by atoms with Crippen molar-refractivity contribution in [2.45, 2.75) is 26.2 Å². The number of esters is 1. The summed E-state index contributed by atoms with van der Waals surface area (Å²) in [5.41, 5.74) is 1.89. The van der Waals surface area contributed by atoms with E-state index >= 15 is 0 Å². The number of hydrogen-bond acceptors (Lipinski definition) is 4. The summed E-state index contributed by atoms with van der Waals surface area (Å²) in [6.07, 6.45) is 1.37. The SMILES string of the molecule is CC(C)(C)c1ccc(NC(=O)COC(=O)c2ccco2)cc1. The van der Waals surface area contributed by atoms with Crippen LogP contribution >= 0.6 is 0 Å². The fourth-order valence-corrected chi connectivity index (χ4v) is 1.85. The molecule has 0 fully saturated rings. The van der Waals surface area contributed by atoms with Crippen LogP contribution in [0.4, 0.5) is 5.69 Å². The van der Waals surface area contributed by atoms with E-state index in [0.717, 1.165) is 0 Å². The van der Waals surface area contributed by atoms with Crippen molar-refractivity contribution in [3.05, 3.63) is 54.0 Å². The van der Waals surface area contributed by atoms with Gasteiger partial charge in [-0.1, -0.05) is 32.9 Å². The van der Waals surface area contributed by atoms with Crippen LogP contribution in [0.5, 0.6) is 0 Å². The van der Waals surface area contributed by atoms with Crippen LogP contribution < -0.4 is 5.32 Å². The molecule has 0 saturated heterocycles. The van der Waals surface area contributed by atoms with Crippen LogP contribution in [0, 0.1) is 0 Å². The Bertz CT molecular complexity index is 636. The summed E-state index contributed by atoms with van der Waals surface area (Å²) in [4.78, 5) is 23.3. The number of benzene rings is 1. The third-order valence-corrected chi connectivity index (χ3v) is 3.09. The largest absolute Gasteiger partial charge is 0.457 e. The van der Waals surface area contributed by atoms with Crippen molar-refractivity contribution >= 4 is 17.6 Å². The molecule has 0 unspecified atom stereocenters. The Kier molecular flexibility index (Phi) is 4.65. The minimum Gasteiger partial charge on any atom is -0.457 e. The smallest absolute Gasteiger partial charge is 0.374 e. The third kappa shape index (κ3) is 4.22. The van der Waals surface area contributed by atoms with Crippen molar-refractivity contribution in [2.75, 3.05) is 11.9 Å². The average molecular weight is 301 g/mol. The molecule has 1 aromatic carbocycles. The second-order valence-corrected chi connectivity index (χ2v) is 5.93. The Hall–Kier alpha value is -2.56. The minimum absolute atomic E-state index is 0.0567. The molecule has 2 rings (SSSR count). The van der Waals surface area contributed by atoms with Crippen LogP contribution in [-0.2, 0) is 14.9 Å². The Morgan fingerprint density at radius 1 is 1.14 bits per heavy atom. The number of furan rings is 1. The molecule has 1 heterocycles. The first-order valence-corrected chi connectivity index (χ1v) is 6.97. The fraction of sp³-hybridized carbons (Fsp3) is 0.294. The number of rotatable bonds is 4. The number of carbonyl (C=O) groups excluding carboxylic acids is 2. The zero-order valence-electron chi connectivity index (χ0n) is 12.9. The predicted molar refractivity (Wildman–Crippen MR) is 82.8 cm³/mol. The normalized spacial score (nSPS) is 11.0. The van der Waals surface area contributed by atoms with Gasteiger partial charge in [-0.25, -0.2) is 4.79 Å². The van der Waals surface area contributed by atoms with E-state index in [2.05, 4.69) is 26.1 Å². The summed E-state index contributed by atoms with van der Waals surface area (Å²) in [6, 6.07) is 10.6. The lowest BCUT2D eigenvalue weighted by atomic mass is 9.87. The molecule has 0 atom stereocenters. The third-order valence-electron chi connectivity index (χ3n) is 3.09. The van der Waals surface area contributed by atoms with Crippen LogP contribution in [0.2, 0.25) is 0 Å². The lowest BCUT2D eigenvalue weighted by Crippen LogP contribution is -2.21. The zero-order valence-corrected chi connectivity index (χ0v) is 12.9. The number of amides is 1. The summed E-state index contributed by atoms with van der Waals surface area (Å²) >= 11 is 0. The van der Waals surface area contributed by atoms with E-state index in [1.54, 1.807) is 6.07 Å². The van der Waals surface area contributed by atoms with E-state index in [4.69, 9.17) is 9.15 Å². The molecular weight excluding hydrogens is 282 g/mol. The van der Waals surface area contributed by atoms with Crippen LogP contribution in [0.3, 0.4) is 0 Å². The molecule has 0 aliphatic heterocycles. The zero-order chi connectivity index (χ0) is 16.2. The Morgan fingerprint density at radius 3 is 2.36 bits per heavy atom. The van der Waals surface area contributed by atoms with Crippen LogP contribution in [0.15, 0.2) is 47.1 Å². The maximum absolute atomic E-state index is 11.7. The number of ether oxygens (including phenoxy) is 1. The van der Waals surface area contributed by atoms with Gasteiger partial charge in [-0.15, -0.1) is 0 Å². The molecule has 0 aliphatic carbocycles. The van der Waals surface area contributed by atoms with E-state index < -0.39 is 11.9 Å². The molecule has 0 aliphatic rings. The van der Waals surface area contributed by atoms with E-state index in [9.17, 15) is 9.59 Å². The van der Waals surface area contributed by atoms with Crippen molar-refractivity contribution in [1.82, 2.24) is 0 Å². The van der Waals surface area contributed by atoms with Gasteiger partial charge < -0.3 is 14.5 Å². The van der Waals surface area contributed by atoms with E-state index in [-0.39, 0.29) is 17.8 Å². The molecule has 116 valence electrons. The fourth-order valence-electron chi connectivity index (χ4n) is 1.85. The minimum atomic E-state index is -0.664. The molecule has 5 heteroatoms. The first kappa shape index (κ1) is 15.8. The molecular formula is C17H19NO4. The first-order valence-electron chi connectivity index (χ1n) is 6.97. The van der Waals surface area contributed by atoms with Gasteiger partial charge in [0.05, 0.1) is 6.26 Å². The highest BCUT2D eigenvalue weighted by molar-refractivity contribution is 5.94. The molecule has 1 aromatic heterocycles. The van der Waals surface area contributed by atoms with Gasteiger partial charge in [-0.05, 0) is 35.2 Å². The summed E-state index contributed by atoms with van der Waals surface area (Å²) in [7, 11) is 0. The summed E-state index contributed by atoms with van der Waals surface area (Å²) in [5.74, 6) is -0.992. The number of nitrogens with one attached hydrogen (secondary N) is 1. The molecule has 0 saturated carbocycles. The van der Waals surface area contributed by atoms with Crippen LogP contribution in [-0.4, -0.2) is 18.5 Å². The number of anilines is 1. The Morgan fingerprint density at radius 2 is 1.82 bits per heavy atom. The number of hydrogen-bond donors (Lipinski definition) is 1. The van der Waals surface area contributed by atoms with Gasteiger partial charge in [-0.2, -0.15) is 0 Å². The van der Waals surface area contributed by atoms with E-state index in [1.807, 2.05) is 24.3 Å². The highest BCUT2D eigenvalue weighted by atomic mass is 16.5. The maximum atomic E-state index is 11.7. The van der Waals surface area contributed by atoms with Crippen molar-refractivity contribution in [3.63, 3.8) is 0 Å². The quantitative estimate of drug-likeness (QED) is 0.879.